The third-order valence-corrected chi connectivity index (χ3v) is 4.39. The van der Waals surface area contributed by atoms with Crippen LogP contribution in [0.3, 0.4) is 0 Å². The molecule has 0 unspecified atom stereocenters. The monoisotopic (exact) mass is 294 g/mol. The molecule has 6 nitrogen and oxygen atoms in total. The number of aromatic nitrogens is 2. The van der Waals surface area contributed by atoms with Gasteiger partial charge in [0.1, 0.15) is 0 Å². The second kappa shape index (κ2) is 4.99. The van der Waals surface area contributed by atoms with Crippen LogP contribution < -0.4 is 0 Å². The van der Waals surface area contributed by atoms with Crippen LogP contribution in [0.1, 0.15) is 18.2 Å². The Labute approximate surface area is 116 Å². The first-order valence-corrected chi connectivity index (χ1v) is 8.15. The highest BCUT2D eigenvalue weighted by Crippen LogP contribution is 2.26. The van der Waals surface area contributed by atoms with Crippen molar-refractivity contribution in [2.75, 3.05) is 19.5 Å². The molecule has 1 atom stereocenters. The summed E-state index contributed by atoms with van der Waals surface area (Å²) in [5.41, 5.74) is 0.704. The zero-order valence-corrected chi connectivity index (χ0v) is 11.8. The lowest BCUT2D eigenvalue weighted by atomic mass is 10.1. The topological polar surface area (TPSA) is 82.3 Å². The summed E-state index contributed by atoms with van der Waals surface area (Å²) in [5, 5.41) is 3.96. The standard InChI is InChI=1S/C13H14N2O4S/c1-20(16,17)11-4-2-9(3-5-11)13-14-12(15-19-13)10-6-7-18-8-10/h2-5,10H,6-8H2,1H3/t10-/m0/s1. The van der Waals surface area contributed by atoms with Crippen LogP contribution in [-0.4, -0.2) is 38.0 Å². The van der Waals surface area contributed by atoms with Gasteiger partial charge in [-0.1, -0.05) is 5.16 Å². The minimum atomic E-state index is -3.19. The van der Waals surface area contributed by atoms with Crippen molar-refractivity contribution in [3.8, 4) is 11.5 Å². The van der Waals surface area contributed by atoms with Crippen molar-refractivity contribution < 1.29 is 17.7 Å². The molecule has 0 spiro atoms. The van der Waals surface area contributed by atoms with E-state index in [1.165, 1.54) is 18.4 Å². The van der Waals surface area contributed by atoms with Crippen LogP contribution in [-0.2, 0) is 14.6 Å². The van der Waals surface area contributed by atoms with Gasteiger partial charge in [-0.2, -0.15) is 4.98 Å². The molecule has 0 amide bonds. The Balaban J connectivity index is 1.86. The van der Waals surface area contributed by atoms with Crippen molar-refractivity contribution in [2.45, 2.75) is 17.2 Å². The van der Waals surface area contributed by atoms with Crippen LogP contribution in [0.15, 0.2) is 33.7 Å². The summed E-state index contributed by atoms with van der Waals surface area (Å²) in [4.78, 5) is 4.62. The van der Waals surface area contributed by atoms with Gasteiger partial charge in [0, 0.05) is 24.3 Å². The van der Waals surface area contributed by atoms with E-state index < -0.39 is 9.84 Å². The molecular formula is C13H14N2O4S. The predicted molar refractivity (Wildman–Crippen MR) is 71.0 cm³/mol. The molecule has 1 saturated heterocycles. The summed E-state index contributed by atoms with van der Waals surface area (Å²) in [6.45, 7) is 1.34. The van der Waals surface area contributed by atoms with Gasteiger partial charge in [-0.15, -0.1) is 0 Å². The van der Waals surface area contributed by atoms with Crippen LogP contribution in [0.25, 0.3) is 11.5 Å². The summed E-state index contributed by atoms with van der Waals surface area (Å²) < 4.78 is 33.3. The Kier molecular flexibility index (Phi) is 3.31. The van der Waals surface area contributed by atoms with E-state index >= 15 is 0 Å². The molecule has 0 N–H and O–H groups in total. The number of ether oxygens (including phenoxy) is 1. The van der Waals surface area contributed by atoms with Gasteiger partial charge in [0.05, 0.1) is 11.5 Å². The molecule has 0 aliphatic carbocycles. The maximum Gasteiger partial charge on any atom is 0.257 e. The molecule has 7 heteroatoms. The lowest BCUT2D eigenvalue weighted by Gasteiger charge is -1.99. The van der Waals surface area contributed by atoms with Crippen molar-refractivity contribution in [1.82, 2.24) is 10.1 Å². The molecule has 1 aromatic carbocycles. The zero-order valence-electron chi connectivity index (χ0n) is 10.9. The van der Waals surface area contributed by atoms with Crippen molar-refractivity contribution in [2.24, 2.45) is 0 Å². The lowest BCUT2D eigenvalue weighted by Crippen LogP contribution is -1.99. The summed E-state index contributed by atoms with van der Waals surface area (Å²) in [6.07, 6.45) is 2.07. The van der Waals surface area contributed by atoms with E-state index in [1.807, 2.05) is 0 Å². The van der Waals surface area contributed by atoms with E-state index in [9.17, 15) is 8.42 Å². The number of benzene rings is 1. The fourth-order valence-electron chi connectivity index (χ4n) is 2.10. The summed E-state index contributed by atoms with van der Waals surface area (Å²) in [5.74, 6) is 1.22. The molecule has 2 aromatic rings. The van der Waals surface area contributed by atoms with Crippen LogP contribution >= 0.6 is 0 Å². The molecule has 1 aromatic heterocycles. The highest BCUT2D eigenvalue weighted by molar-refractivity contribution is 7.90. The molecule has 1 aliphatic rings. The highest BCUT2D eigenvalue weighted by atomic mass is 32.2. The molecule has 1 aliphatic heterocycles. The number of sulfone groups is 1. The van der Waals surface area contributed by atoms with Gasteiger partial charge in [-0.3, -0.25) is 0 Å². The van der Waals surface area contributed by atoms with Crippen molar-refractivity contribution in [1.29, 1.82) is 0 Å². The minimum Gasteiger partial charge on any atom is -0.381 e. The number of hydrogen-bond acceptors (Lipinski definition) is 6. The third kappa shape index (κ3) is 2.59. The van der Waals surface area contributed by atoms with Crippen molar-refractivity contribution >= 4 is 9.84 Å². The van der Waals surface area contributed by atoms with E-state index in [1.54, 1.807) is 12.1 Å². The third-order valence-electron chi connectivity index (χ3n) is 3.27. The predicted octanol–water partition coefficient (Wildman–Crippen LogP) is 1.64. The van der Waals surface area contributed by atoms with Crippen LogP contribution in [0.5, 0.6) is 0 Å². The first kappa shape index (κ1) is 13.3. The first-order valence-electron chi connectivity index (χ1n) is 6.26. The summed E-state index contributed by atoms with van der Waals surface area (Å²) >= 11 is 0. The van der Waals surface area contributed by atoms with Crippen molar-refractivity contribution in [3.63, 3.8) is 0 Å². The Morgan fingerprint density at radius 3 is 2.60 bits per heavy atom. The molecule has 1 fully saturated rings. The minimum absolute atomic E-state index is 0.183. The first-order chi connectivity index (χ1) is 9.54. The molecule has 2 heterocycles. The summed E-state index contributed by atoms with van der Waals surface area (Å²) in [6, 6.07) is 6.40. The van der Waals surface area contributed by atoms with Gasteiger partial charge in [0.15, 0.2) is 15.7 Å². The molecule has 0 radical (unpaired) electrons. The average Bonchev–Trinajstić information content (AvgIpc) is 3.09. The van der Waals surface area contributed by atoms with Crippen LogP contribution in [0.4, 0.5) is 0 Å². The van der Waals surface area contributed by atoms with Gasteiger partial charge >= 0.3 is 0 Å². The number of hydrogen-bond donors (Lipinski definition) is 0. The second-order valence-electron chi connectivity index (χ2n) is 4.81. The number of rotatable bonds is 3. The van der Waals surface area contributed by atoms with Gasteiger partial charge in [-0.05, 0) is 30.7 Å². The van der Waals surface area contributed by atoms with Crippen LogP contribution in [0.2, 0.25) is 0 Å². The molecule has 3 rings (SSSR count). The Morgan fingerprint density at radius 2 is 2.00 bits per heavy atom. The average molecular weight is 294 g/mol. The summed E-state index contributed by atoms with van der Waals surface area (Å²) in [7, 11) is -3.19. The largest absolute Gasteiger partial charge is 0.381 e. The highest BCUT2D eigenvalue weighted by Gasteiger charge is 2.23. The molecule has 106 valence electrons. The molecular weight excluding hydrogens is 280 g/mol. The van der Waals surface area contributed by atoms with Gasteiger partial charge in [-0.25, -0.2) is 8.42 Å². The van der Waals surface area contributed by atoms with Crippen molar-refractivity contribution in [3.05, 3.63) is 30.1 Å². The Hall–Kier alpha value is -1.73. The fraction of sp³-hybridized carbons (Fsp3) is 0.385. The maximum atomic E-state index is 11.4. The molecule has 0 saturated carbocycles. The Morgan fingerprint density at radius 1 is 1.25 bits per heavy atom. The smallest absolute Gasteiger partial charge is 0.257 e. The fourth-order valence-corrected chi connectivity index (χ4v) is 2.73. The lowest BCUT2D eigenvalue weighted by molar-refractivity contribution is 0.192. The number of nitrogens with zero attached hydrogens (tertiary/aromatic N) is 2. The molecule has 20 heavy (non-hydrogen) atoms. The van der Waals surface area contributed by atoms with E-state index in [2.05, 4.69) is 10.1 Å². The normalized spacial score (nSPS) is 19.4. The second-order valence-corrected chi connectivity index (χ2v) is 6.83. The van der Waals surface area contributed by atoms with Crippen LogP contribution in [0, 0.1) is 0 Å². The molecule has 0 bridgehead atoms. The zero-order chi connectivity index (χ0) is 14.2. The quantitative estimate of drug-likeness (QED) is 0.856. The maximum absolute atomic E-state index is 11.4. The Bertz CT molecular complexity index is 700. The van der Waals surface area contributed by atoms with E-state index in [0.29, 0.717) is 23.9 Å². The van der Waals surface area contributed by atoms with Gasteiger partial charge in [0.2, 0.25) is 0 Å². The SMILES string of the molecule is CS(=O)(=O)c1ccc(-c2nc([C@H]3CCOC3)no2)cc1. The van der Waals surface area contributed by atoms with Gasteiger partial charge < -0.3 is 9.26 Å². The van der Waals surface area contributed by atoms with E-state index in [-0.39, 0.29) is 10.8 Å². The van der Waals surface area contributed by atoms with Gasteiger partial charge in [0.25, 0.3) is 5.89 Å². The van der Waals surface area contributed by atoms with E-state index in [0.717, 1.165) is 13.0 Å². The van der Waals surface area contributed by atoms with E-state index in [4.69, 9.17) is 9.26 Å².